The van der Waals surface area contributed by atoms with Gasteiger partial charge in [0, 0.05) is 5.88 Å². The zero-order valence-electron chi connectivity index (χ0n) is 15.5. The molecule has 2 unspecified atom stereocenters. The van der Waals surface area contributed by atoms with Crippen LogP contribution in [0.3, 0.4) is 0 Å². The SMILES string of the molecule is CCOC(=O)C1(C(=O)OCC)CC(CCl)C(CS(=O)(=O)c2ccccc2)C1. The molecule has 0 amide bonds. The van der Waals surface area contributed by atoms with Crippen LogP contribution in [0.2, 0.25) is 0 Å². The first-order chi connectivity index (χ1) is 12.8. The lowest BCUT2D eigenvalue weighted by Gasteiger charge is -2.24. The van der Waals surface area contributed by atoms with E-state index in [9.17, 15) is 18.0 Å². The summed E-state index contributed by atoms with van der Waals surface area (Å²) in [5.41, 5.74) is -1.50. The van der Waals surface area contributed by atoms with E-state index in [4.69, 9.17) is 21.1 Å². The number of carbonyl (C=O) groups excluding carboxylic acids is 2. The third-order valence-electron chi connectivity index (χ3n) is 4.95. The molecule has 0 radical (unpaired) electrons. The van der Waals surface area contributed by atoms with Gasteiger partial charge in [-0.3, -0.25) is 9.59 Å². The molecule has 1 saturated carbocycles. The minimum absolute atomic E-state index is 0.0497. The van der Waals surface area contributed by atoms with Gasteiger partial charge in [-0.1, -0.05) is 18.2 Å². The highest BCUT2D eigenvalue weighted by molar-refractivity contribution is 7.91. The van der Waals surface area contributed by atoms with Crippen molar-refractivity contribution in [1.82, 2.24) is 0 Å². The van der Waals surface area contributed by atoms with Crippen molar-refractivity contribution >= 4 is 33.4 Å². The predicted molar refractivity (Wildman–Crippen MR) is 101 cm³/mol. The largest absolute Gasteiger partial charge is 0.465 e. The summed E-state index contributed by atoms with van der Waals surface area (Å²) in [6.45, 7) is 3.56. The van der Waals surface area contributed by atoms with E-state index in [0.717, 1.165) is 0 Å². The molecule has 6 nitrogen and oxygen atoms in total. The lowest BCUT2D eigenvalue weighted by atomic mass is 9.85. The summed E-state index contributed by atoms with van der Waals surface area (Å²) in [7, 11) is -3.58. The van der Waals surface area contributed by atoms with Crippen molar-refractivity contribution in [3.63, 3.8) is 0 Å². The van der Waals surface area contributed by atoms with Gasteiger partial charge in [0.05, 0.1) is 23.9 Å². The Labute approximate surface area is 165 Å². The number of ether oxygens (including phenoxy) is 2. The summed E-state index contributed by atoms with van der Waals surface area (Å²) in [6.07, 6.45) is 0.178. The number of carbonyl (C=O) groups is 2. The van der Waals surface area contributed by atoms with Crippen LogP contribution < -0.4 is 0 Å². The van der Waals surface area contributed by atoms with Crippen LogP contribution in [0, 0.1) is 17.3 Å². The van der Waals surface area contributed by atoms with E-state index in [-0.39, 0.29) is 48.5 Å². The average Bonchev–Trinajstić information content (AvgIpc) is 3.02. The van der Waals surface area contributed by atoms with Gasteiger partial charge in [0.2, 0.25) is 0 Å². The zero-order valence-corrected chi connectivity index (χ0v) is 17.1. The van der Waals surface area contributed by atoms with Crippen LogP contribution in [0.25, 0.3) is 0 Å². The molecule has 1 aliphatic rings. The Bertz CT molecular complexity index is 744. The van der Waals surface area contributed by atoms with Crippen molar-refractivity contribution in [3.8, 4) is 0 Å². The molecule has 0 heterocycles. The van der Waals surface area contributed by atoms with Gasteiger partial charge < -0.3 is 9.47 Å². The van der Waals surface area contributed by atoms with Crippen LogP contribution in [0.15, 0.2) is 35.2 Å². The minimum atomic E-state index is -3.58. The second-order valence-corrected chi connectivity index (χ2v) is 9.04. The minimum Gasteiger partial charge on any atom is -0.465 e. The highest BCUT2D eigenvalue weighted by Gasteiger charge is 2.57. The fourth-order valence-electron chi connectivity index (χ4n) is 3.65. The molecule has 2 atom stereocenters. The van der Waals surface area contributed by atoms with E-state index < -0.39 is 33.1 Å². The molecule has 1 aliphatic carbocycles. The van der Waals surface area contributed by atoms with Crippen molar-refractivity contribution < 1.29 is 27.5 Å². The highest BCUT2D eigenvalue weighted by atomic mass is 35.5. The number of rotatable bonds is 8. The predicted octanol–water partition coefficient (Wildman–Crippen LogP) is 2.84. The molecule has 0 N–H and O–H groups in total. The number of esters is 2. The molecule has 0 aromatic heterocycles. The molecule has 8 heteroatoms. The Hall–Kier alpha value is -1.60. The molecule has 0 spiro atoms. The van der Waals surface area contributed by atoms with E-state index in [1.807, 2.05) is 0 Å². The summed E-state index contributed by atoms with van der Waals surface area (Å²) in [4.78, 5) is 25.4. The van der Waals surface area contributed by atoms with Crippen molar-refractivity contribution in [2.75, 3.05) is 24.8 Å². The highest BCUT2D eigenvalue weighted by Crippen LogP contribution is 2.48. The van der Waals surface area contributed by atoms with Gasteiger partial charge >= 0.3 is 11.9 Å². The Morgan fingerprint density at radius 2 is 1.56 bits per heavy atom. The van der Waals surface area contributed by atoms with Crippen molar-refractivity contribution in [2.24, 2.45) is 17.3 Å². The second-order valence-electron chi connectivity index (χ2n) is 6.70. The number of hydrogen-bond donors (Lipinski definition) is 0. The number of hydrogen-bond acceptors (Lipinski definition) is 6. The molecule has 150 valence electrons. The first kappa shape index (κ1) is 21.7. The molecule has 0 aliphatic heterocycles. The van der Waals surface area contributed by atoms with Gasteiger partial charge in [0.25, 0.3) is 0 Å². The standard InChI is InChI=1S/C19H25ClO6S/c1-3-25-17(21)19(18(22)26-4-2)10-14(12-20)15(11-19)13-27(23,24)16-8-6-5-7-9-16/h5-9,14-15H,3-4,10-13H2,1-2H3. The van der Waals surface area contributed by atoms with Crippen LogP contribution in [0.5, 0.6) is 0 Å². The molecular formula is C19H25ClO6S. The summed E-state index contributed by atoms with van der Waals surface area (Å²) in [6, 6.07) is 8.11. The van der Waals surface area contributed by atoms with Crippen LogP contribution in [-0.4, -0.2) is 45.2 Å². The van der Waals surface area contributed by atoms with Gasteiger partial charge in [-0.05, 0) is 50.7 Å². The first-order valence-corrected chi connectivity index (χ1v) is 11.2. The summed E-state index contributed by atoms with van der Waals surface area (Å²) >= 11 is 6.07. The molecule has 1 aromatic carbocycles. The monoisotopic (exact) mass is 416 g/mol. The van der Waals surface area contributed by atoms with E-state index in [1.165, 1.54) is 12.1 Å². The number of sulfone groups is 1. The van der Waals surface area contributed by atoms with Gasteiger partial charge in [0.15, 0.2) is 15.3 Å². The van der Waals surface area contributed by atoms with Gasteiger partial charge in [0.1, 0.15) is 0 Å². The maximum atomic E-state index is 12.8. The molecule has 1 fully saturated rings. The molecule has 2 rings (SSSR count). The smallest absolute Gasteiger partial charge is 0.323 e. The van der Waals surface area contributed by atoms with E-state index in [2.05, 4.69) is 0 Å². The summed E-state index contributed by atoms with van der Waals surface area (Å²) in [5.74, 6) is -2.12. The fourth-order valence-corrected chi connectivity index (χ4v) is 5.73. The van der Waals surface area contributed by atoms with Gasteiger partial charge in [-0.25, -0.2) is 8.42 Å². The van der Waals surface area contributed by atoms with Crippen LogP contribution in [-0.2, 0) is 28.9 Å². The lowest BCUT2D eigenvalue weighted by molar-refractivity contribution is -0.172. The summed E-state index contributed by atoms with van der Waals surface area (Å²) < 4.78 is 35.8. The number of benzene rings is 1. The van der Waals surface area contributed by atoms with Gasteiger partial charge in [-0.2, -0.15) is 0 Å². The lowest BCUT2D eigenvalue weighted by Crippen LogP contribution is -2.40. The normalized spacial score (nSPS) is 21.6. The number of alkyl halides is 1. The maximum Gasteiger partial charge on any atom is 0.323 e. The third-order valence-corrected chi connectivity index (χ3v) is 7.21. The van der Waals surface area contributed by atoms with Crippen molar-refractivity contribution in [1.29, 1.82) is 0 Å². The van der Waals surface area contributed by atoms with Gasteiger partial charge in [-0.15, -0.1) is 11.6 Å². The Morgan fingerprint density at radius 1 is 1.04 bits per heavy atom. The van der Waals surface area contributed by atoms with Crippen molar-refractivity contribution in [3.05, 3.63) is 30.3 Å². The molecule has 1 aromatic rings. The van der Waals surface area contributed by atoms with Crippen LogP contribution in [0.1, 0.15) is 26.7 Å². The Morgan fingerprint density at radius 3 is 2.04 bits per heavy atom. The molecule has 0 bridgehead atoms. The Balaban J connectivity index is 2.32. The second kappa shape index (κ2) is 9.06. The van der Waals surface area contributed by atoms with Crippen molar-refractivity contribution in [2.45, 2.75) is 31.6 Å². The third kappa shape index (κ3) is 4.63. The molecule has 0 saturated heterocycles. The van der Waals surface area contributed by atoms with Crippen LogP contribution in [0.4, 0.5) is 0 Å². The fraction of sp³-hybridized carbons (Fsp3) is 0.579. The topological polar surface area (TPSA) is 86.7 Å². The summed E-state index contributed by atoms with van der Waals surface area (Å²) in [5, 5.41) is 0. The number of halogens is 1. The Kier molecular flexibility index (Phi) is 7.28. The van der Waals surface area contributed by atoms with E-state index in [1.54, 1.807) is 32.0 Å². The van der Waals surface area contributed by atoms with E-state index in [0.29, 0.717) is 0 Å². The average molecular weight is 417 g/mol. The quantitative estimate of drug-likeness (QED) is 0.368. The van der Waals surface area contributed by atoms with E-state index >= 15 is 0 Å². The van der Waals surface area contributed by atoms with Crippen LogP contribution >= 0.6 is 11.6 Å². The first-order valence-electron chi connectivity index (χ1n) is 8.99. The maximum absolute atomic E-state index is 12.8. The molecule has 27 heavy (non-hydrogen) atoms. The zero-order chi connectivity index (χ0) is 20.1. The molecular weight excluding hydrogens is 392 g/mol.